The molecule has 0 saturated heterocycles. The minimum atomic E-state index is -0.126. The molecule has 1 atom stereocenters. The van der Waals surface area contributed by atoms with Crippen molar-refractivity contribution in [3.63, 3.8) is 0 Å². The second-order valence-electron chi connectivity index (χ2n) is 5.48. The molecule has 2 rings (SSSR count). The van der Waals surface area contributed by atoms with Gasteiger partial charge < -0.3 is 10.1 Å². The summed E-state index contributed by atoms with van der Waals surface area (Å²) >= 11 is 1.56. The molecule has 1 amide bonds. The molecule has 0 saturated carbocycles. The fourth-order valence-electron chi connectivity index (χ4n) is 2.20. The van der Waals surface area contributed by atoms with Crippen LogP contribution in [0.15, 0.2) is 53.4 Å². The van der Waals surface area contributed by atoms with Crippen molar-refractivity contribution in [1.82, 2.24) is 5.32 Å². The van der Waals surface area contributed by atoms with Gasteiger partial charge in [-0.25, -0.2) is 0 Å². The van der Waals surface area contributed by atoms with Crippen molar-refractivity contribution in [2.45, 2.75) is 30.9 Å². The zero-order chi connectivity index (χ0) is 16.7. The average molecular weight is 329 g/mol. The van der Waals surface area contributed by atoms with Crippen LogP contribution in [0, 0.1) is 13.8 Å². The summed E-state index contributed by atoms with van der Waals surface area (Å²) in [5.41, 5.74) is 2.33. The molecule has 0 heterocycles. The molecule has 0 spiro atoms. The predicted molar refractivity (Wildman–Crippen MR) is 96.2 cm³/mol. The van der Waals surface area contributed by atoms with Crippen LogP contribution in [-0.2, 0) is 4.79 Å². The Morgan fingerprint density at radius 2 is 1.91 bits per heavy atom. The molecule has 4 heteroatoms. The molecule has 1 N–H and O–H groups in total. The Hall–Kier alpha value is -1.94. The average Bonchev–Trinajstić information content (AvgIpc) is 2.54. The van der Waals surface area contributed by atoms with E-state index in [1.807, 2.05) is 56.3 Å². The van der Waals surface area contributed by atoms with Crippen LogP contribution in [0.1, 0.15) is 18.1 Å². The number of aryl methyl sites for hydroxylation is 2. The van der Waals surface area contributed by atoms with Crippen LogP contribution in [-0.4, -0.2) is 24.3 Å². The molecule has 23 heavy (non-hydrogen) atoms. The van der Waals surface area contributed by atoms with E-state index in [1.165, 1.54) is 5.56 Å². The van der Waals surface area contributed by atoms with Gasteiger partial charge in [-0.15, -0.1) is 11.8 Å². The lowest BCUT2D eigenvalue weighted by atomic mass is 10.1. The van der Waals surface area contributed by atoms with E-state index in [9.17, 15) is 4.79 Å². The Morgan fingerprint density at radius 3 is 2.61 bits per heavy atom. The van der Waals surface area contributed by atoms with Crippen LogP contribution in [0.3, 0.4) is 0 Å². The smallest absolute Gasteiger partial charge is 0.233 e. The summed E-state index contributed by atoms with van der Waals surface area (Å²) in [6.07, 6.45) is 0. The quantitative estimate of drug-likeness (QED) is 0.617. The Bertz CT molecular complexity index is 643. The molecule has 0 fully saturated rings. The third kappa shape index (κ3) is 5.64. The fourth-order valence-corrected chi connectivity index (χ4v) is 3.11. The lowest BCUT2D eigenvalue weighted by Crippen LogP contribution is -2.34. The topological polar surface area (TPSA) is 38.3 Å². The highest BCUT2D eigenvalue weighted by atomic mass is 32.2. The van der Waals surface area contributed by atoms with E-state index in [0.717, 1.165) is 16.2 Å². The van der Waals surface area contributed by atoms with Crippen molar-refractivity contribution in [2.24, 2.45) is 0 Å². The van der Waals surface area contributed by atoms with Gasteiger partial charge in [0, 0.05) is 4.90 Å². The summed E-state index contributed by atoms with van der Waals surface area (Å²) in [7, 11) is 0. The molecular formula is C19H23NO2S. The van der Waals surface area contributed by atoms with Crippen molar-refractivity contribution < 1.29 is 9.53 Å². The first kappa shape index (κ1) is 17.4. The van der Waals surface area contributed by atoms with Crippen LogP contribution in [0.2, 0.25) is 0 Å². The maximum absolute atomic E-state index is 12.1. The van der Waals surface area contributed by atoms with E-state index in [0.29, 0.717) is 13.2 Å². The number of benzene rings is 2. The summed E-state index contributed by atoms with van der Waals surface area (Å²) in [6.45, 7) is 6.98. The van der Waals surface area contributed by atoms with Crippen molar-refractivity contribution in [3.8, 4) is 5.75 Å². The summed E-state index contributed by atoms with van der Waals surface area (Å²) in [6, 6.07) is 16.0. The largest absolute Gasteiger partial charge is 0.491 e. The van der Waals surface area contributed by atoms with Gasteiger partial charge in [-0.05, 0) is 44.5 Å². The second-order valence-corrected chi connectivity index (χ2v) is 6.90. The number of ether oxygens (including phenoxy) is 1. The first-order chi connectivity index (χ1) is 11.1. The Morgan fingerprint density at radius 1 is 1.17 bits per heavy atom. The van der Waals surface area contributed by atoms with Gasteiger partial charge in [0.05, 0.1) is 11.8 Å². The molecule has 0 unspecified atom stereocenters. The normalized spacial score (nSPS) is 11.8. The molecule has 0 bridgehead atoms. The maximum Gasteiger partial charge on any atom is 0.233 e. The summed E-state index contributed by atoms with van der Waals surface area (Å²) in [5.74, 6) is 0.902. The van der Waals surface area contributed by atoms with E-state index in [1.54, 1.807) is 11.8 Å². The van der Waals surface area contributed by atoms with Gasteiger partial charge in [-0.2, -0.15) is 0 Å². The highest BCUT2D eigenvalue weighted by Gasteiger charge is 2.13. The molecular weight excluding hydrogens is 306 g/mol. The van der Waals surface area contributed by atoms with E-state index in [4.69, 9.17) is 4.74 Å². The van der Waals surface area contributed by atoms with Gasteiger partial charge in [0.1, 0.15) is 12.4 Å². The number of amides is 1. The fraction of sp³-hybridized carbons (Fsp3) is 0.316. The van der Waals surface area contributed by atoms with Gasteiger partial charge in [-0.3, -0.25) is 4.79 Å². The molecule has 0 aliphatic heterocycles. The Labute approximate surface area is 142 Å². The number of rotatable bonds is 7. The first-order valence-electron chi connectivity index (χ1n) is 7.76. The number of thioether (sulfide) groups is 1. The molecule has 2 aromatic carbocycles. The summed E-state index contributed by atoms with van der Waals surface area (Å²) in [4.78, 5) is 13.2. The van der Waals surface area contributed by atoms with Crippen LogP contribution in [0.25, 0.3) is 0 Å². The van der Waals surface area contributed by atoms with Crippen molar-refractivity contribution in [1.29, 1.82) is 0 Å². The maximum atomic E-state index is 12.1. The number of hydrogen-bond donors (Lipinski definition) is 1. The van der Waals surface area contributed by atoms with Crippen LogP contribution >= 0.6 is 11.8 Å². The number of nitrogens with one attached hydrogen (secondary N) is 1. The zero-order valence-electron chi connectivity index (χ0n) is 13.8. The van der Waals surface area contributed by atoms with Crippen molar-refractivity contribution >= 4 is 17.7 Å². The standard InChI is InChI=1S/C19H23NO2S/c1-14-9-10-18(15(2)13-14)22-12-11-20-19(21)16(3)23-17-7-5-4-6-8-17/h4-10,13,16H,11-12H2,1-3H3,(H,20,21)/t16-/m1/s1. The van der Waals surface area contributed by atoms with Gasteiger partial charge in [0.15, 0.2) is 0 Å². The first-order valence-corrected chi connectivity index (χ1v) is 8.63. The minimum absolute atomic E-state index is 0.0306. The predicted octanol–water partition coefficient (Wildman–Crippen LogP) is 3.98. The third-order valence-corrected chi connectivity index (χ3v) is 4.53. The lowest BCUT2D eigenvalue weighted by Gasteiger charge is -2.13. The Balaban J connectivity index is 1.72. The van der Waals surface area contributed by atoms with Crippen LogP contribution in [0.5, 0.6) is 5.75 Å². The molecule has 0 aliphatic rings. The van der Waals surface area contributed by atoms with E-state index >= 15 is 0 Å². The molecule has 3 nitrogen and oxygen atoms in total. The van der Waals surface area contributed by atoms with Gasteiger partial charge >= 0.3 is 0 Å². The third-order valence-electron chi connectivity index (χ3n) is 3.41. The zero-order valence-corrected chi connectivity index (χ0v) is 14.7. The van der Waals surface area contributed by atoms with E-state index in [-0.39, 0.29) is 11.2 Å². The highest BCUT2D eigenvalue weighted by molar-refractivity contribution is 8.00. The van der Waals surface area contributed by atoms with E-state index < -0.39 is 0 Å². The van der Waals surface area contributed by atoms with Crippen molar-refractivity contribution in [2.75, 3.05) is 13.2 Å². The Kier molecular flexibility index (Phi) is 6.53. The monoisotopic (exact) mass is 329 g/mol. The number of carbonyl (C=O) groups excluding carboxylic acids is 1. The van der Waals surface area contributed by atoms with Crippen molar-refractivity contribution in [3.05, 3.63) is 59.7 Å². The SMILES string of the molecule is Cc1ccc(OCCNC(=O)[C@@H](C)Sc2ccccc2)c(C)c1. The minimum Gasteiger partial charge on any atom is -0.491 e. The molecule has 0 aromatic heterocycles. The van der Waals surface area contributed by atoms with Gasteiger partial charge in [0.2, 0.25) is 5.91 Å². The molecule has 122 valence electrons. The lowest BCUT2D eigenvalue weighted by molar-refractivity contribution is -0.120. The van der Waals surface area contributed by atoms with E-state index in [2.05, 4.69) is 18.3 Å². The molecule has 0 aliphatic carbocycles. The second kappa shape index (κ2) is 8.63. The highest BCUT2D eigenvalue weighted by Crippen LogP contribution is 2.22. The van der Waals surface area contributed by atoms with Crippen LogP contribution in [0.4, 0.5) is 0 Å². The molecule has 2 aromatic rings. The van der Waals surface area contributed by atoms with Crippen LogP contribution < -0.4 is 10.1 Å². The summed E-state index contributed by atoms with van der Waals surface area (Å²) in [5, 5.41) is 2.79. The van der Waals surface area contributed by atoms with Gasteiger partial charge in [-0.1, -0.05) is 35.9 Å². The number of hydrogen-bond acceptors (Lipinski definition) is 3. The van der Waals surface area contributed by atoms with Gasteiger partial charge in [0.25, 0.3) is 0 Å². The number of carbonyl (C=O) groups is 1. The summed E-state index contributed by atoms with van der Waals surface area (Å²) < 4.78 is 5.72. The molecule has 0 radical (unpaired) electrons.